The molecule has 0 amide bonds. The molecule has 0 atom stereocenters. The van der Waals surface area contributed by atoms with E-state index in [2.05, 4.69) is 13.5 Å². The van der Waals surface area contributed by atoms with Gasteiger partial charge < -0.3 is 4.74 Å². The van der Waals surface area contributed by atoms with Gasteiger partial charge in [-0.15, -0.1) is 0 Å². The molecule has 0 aromatic carbocycles. The maximum absolute atomic E-state index is 4.84. The fourth-order valence-electron chi connectivity index (χ4n) is 1.04. The molecule has 0 N–H and O–H groups in total. The summed E-state index contributed by atoms with van der Waals surface area (Å²) >= 11 is 0. The van der Waals surface area contributed by atoms with Gasteiger partial charge in [-0.3, -0.25) is 0 Å². The van der Waals surface area contributed by atoms with E-state index in [1.54, 1.807) is 6.26 Å². The zero-order valence-electron chi connectivity index (χ0n) is 8.09. The summed E-state index contributed by atoms with van der Waals surface area (Å²) in [5.41, 5.74) is 0. The van der Waals surface area contributed by atoms with E-state index in [1.807, 2.05) is 6.08 Å². The minimum Gasteiger partial charge on any atom is -0.474 e. The van der Waals surface area contributed by atoms with Crippen molar-refractivity contribution in [3.63, 3.8) is 0 Å². The summed E-state index contributed by atoms with van der Waals surface area (Å²) in [5.74, 6) is 0. The number of hydrogen-bond donors (Lipinski definition) is 0. The zero-order chi connectivity index (χ0) is 9.07. The van der Waals surface area contributed by atoms with Crippen LogP contribution < -0.4 is 0 Å². The van der Waals surface area contributed by atoms with Gasteiger partial charge in [-0.25, -0.2) is 0 Å². The molecule has 0 aliphatic heterocycles. The quantitative estimate of drug-likeness (QED) is 0.393. The number of allylic oxidation sites excluding steroid dienone is 1. The third-order valence-electron chi connectivity index (χ3n) is 1.75. The third kappa shape index (κ3) is 9.28. The van der Waals surface area contributed by atoms with Gasteiger partial charge >= 0.3 is 0 Å². The molecule has 0 unspecified atom stereocenters. The summed E-state index contributed by atoms with van der Waals surface area (Å²) in [7, 11) is 0. The summed E-state index contributed by atoms with van der Waals surface area (Å²) in [5, 5.41) is 0. The normalized spacial score (nSPS) is 10.4. The SMILES string of the molecule is C=CO/C=C/CCCCCCC. The molecule has 0 spiro atoms. The van der Waals surface area contributed by atoms with Crippen molar-refractivity contribution in [3.05, 3.63) is 25.2 Å². The molecule has 1 heteroatoms. The van der Waals surface area contributed by atoms with Crippen molar-refractivity contribution in [2.75, 3.05) is 0 Å². The Bertz CT molecular complexity index is 116. The predicted molar refractivity (Wildman–Crippen MR) is 53.8 cm³/mol. The van der Waals surface area contributed by atoms with E-state index >= 15 is 0 Å². The van der Waals surface area contributed by atoms with Crippen LogP contribution in [0.25, 0.3) is 0 Å². The standard InChI is InChI=1S/C11H20O/c1-3-5-6-7-8-9-10-11-12-4-2/h4,10-11H,2-3,5-9H2,1H3/b11-10+. The molecule has 0 fully saturated rings. The lowest BCUT2D eigenvalue weighted by Gasteiger charge is -1.95. The molecule has 0 saturated carbocycles. The summed E-state index contributed by atoms with van der Waals surface area (Å²) in [6.07, 6.45) is 13.0. The number of rotatable bonds is 8. The first-order valence-electron chi connectivity index (χ1n) is 4.83. The van der Waals surface area contributed by atoms with Crippen LogP contribution >= 0.6 is 0 Å². The van der Waals surface area contributed by atoms with Gasteiger partial charge in [-0.1, -0.05) is 39.2 Å². The molecule has 1 nitrogen and oxygen atoms in total. The Morgan fingerprint density at radius 3 is 2.58 bits per heavy atom. The average Bonchev–Trinajstić information content (AvgIpc) is 2.10. The lowest BCUT2D eigenvalue weighted by atomic mass is 10.1. The number of hydrogen-bond acceptors (Lipinski definition) is 1. The molecule has 12 heavy (non-hydrogen) atoms. The molecular weight excluding hydrogens is 148 g/mol. The van der Waals surface area contributed by atoms with Gasteiger partial charge in [0.25, 0.3) is 0 Å². The molecule has 0 rings (SSSR count). The van der Waals surface area contributed by atoms with Crippen LogP contribution in [0.5, 0.6) is 0 Å². The first-order valence-corrected chi connectivity index (χ1v) is 4.83. The molecule has 0 aromatic heterocycles. The topological polar surface area (TPSA) is 9.23 Å². The largest absolute Gasteiger partial charge is 0.474 e. The van der Waals surface area contributed by atoms with Crippen LogP contribution in [0.3, 0.4) is 0 Å². The Morgan fingerprint density at radius 1 is 1.17 bits per heavy atom. The van der Waals surface area contributed by atoms with Gasteiger partial charge in [-0.2, -0.15) is 0 Å². The summed E-state index contributed by atoms with van der Waals surface area (Å²) in [6.45, 7) is 5.68. The minimum absolute atomic E-state index is 1.12. The molecule has 0 saturated heterocycles. The van der Waals surface area contributed by atoms with Crippen LogP contribution in [-0.2, 0) is 4.74 Å². The van der Waals surface area contributed by atoms with E-state index in [0.717, 1.165) is 6.42 Å². The van der Waals surface area contributed by atoms with E-state index in [9.17, 15) is 0 Å². The van der Waals surface area contributed by atoms with E-state index in [1.165, 1.54) is 38.4 Å². The van der Waals surface area contributed by atoms with Crippen LogP contribution in [0.4, 0.5) is 0 Å². The number of unbranched alkanes of at least 4 members (excludes halogenated alkanes) is 5. The monoisotopic (exact) mass is 168 g/mol. The molecule has 0 bridgehead atoms. The van der Waals surface area contributed by atoms with Crippen LogP contribution in [0, 0.1) is 0 Å². The first kappa shape index (κ1) is 11.3. The minimum atomic E-state index is 1.12. The first-order chi connectivity index (χ1) is 5.91. The average molecular weight is 168 g/mol. The van der Waals surface area contributed by atoms with Crippen molar-refractivity contribution in [2.24, 2.45) is 0 Å². The van der Waals surface area contributed by atoms with Gasteiger partial charge in [0.05, 0.1) is 12.5 Å². The van der Waals surface area contributed by atoms with Crippen molar-refractivity contribution in [1.82, 2.24) is 0 Å². The van der Waals surface area contributed by atoms with Gasteiger partial charge in [0.15, 0.2) is 0 Å². The Labute approximate surface area is 76.1 Å². The molecule has 0 aliphatic rings. The highest BCUT2D eigenvalue weighted by Crippen LogP contribution is 2.05. The van der Waals surface area contributed by atoms with Crippen molar-refractivity contribution in [1.29, 1.82) is 0 Å². The second-order valence-corrected chi connectivity index (χ2v) is 2.88. The van der Waals surface area contributed by atoms with E-state index < -0.39 is 0 Å². The Balaban J connectivity index is 2.94. The van der Waals surface area contributed by atoms with Crippen molar-refractivity contribution in [2.45, 2.75) is 45.4 Å². The molecule has 0 aliphatic carbocycles. The molecule has 70 valence electrons. The summed E-state index contributed by atoms with van der Waals surface area (Å²) < 4.78 is 4.84. The van der Waals surface area contributed by atoms with E-state index in [0.29, 0.717) is 0 Å². The van der Waals surface area contributed by atoms with Crippen LogP contribution in [0.1, 0.15) is 45.4 Å². The van der Waals surface area contributed by atoms with Crippen LogP contribution in [0.15, 0.2) is 25.2 Å². The van der Waals surface area contributed by atoms with E-state index in [4.69, 9.17) is 4.74 Å². The van der Waals surface area contributed by atoms with E-state index in [-0.39, 0.29) is 0 Å². The fraction of sp³-hybridized carbons (Fsp3) is 0.636. The molecular formula is C11H20O. The second-order valence-electron chi connectivity index (χ2n) is 2.88. The highest BCUT2D eigenvalue weighted by atomic mass is 16.5. The lowest BCUT2D eigenvalue weighted by Crippen LogP contribution is -1.76. The molecule has 0 heterocycles. The van der Waals surface area contributed by atoms with Crippen LogP contribution in [-0.4, -0.2) is 0 Å². The van der Waals surface area contributed by atoms with Crippen LogP contribution in [0.2, 0.25) is 0 Å². The summed E-state index contributed by atoms with van der Waals surface area (Å²) in [6, 6.07) is 0. The van der Waals surface area contributed by atoms with Gasteiger partial charge in [0.2, 0.25) is 0 Å². The fourth-order valence-corrected chi connectivity index (χ4v) is 1.04. The van der Waals surface area contributed by atoms with Gasteiger partial charge in [0.1, 0.15) is 0 Å². The molecule has 0 aromatic rings. The Morgan fingerprint density at radius 2 is 1.92 bits per heavy atom. The maximum atomic E-state index is 4.84. The van der Waals surface area contributed by atoms with Crippen molar-refractivity contribution < 1.29 is 4.74 Å². The Hall–Kier alpha value is -0.720. The van der Waals surface area contributed by atoms with Gasteiger partial charge in [-0.05, 0) is 18.9 Å². The lowest BCUT2D eigenvalue weighted by molar-refractivity contribution is 0.402. The van der Waals surface area contributed by atoms with Gasteiger partial charge in [0, 0.05) is 0 Å². The second kappa shape index (κ2) is 10.3. The molecule has 0 radical (unpaired) electrons. The highest BCUT2D eigenvalue weighted by Gasteiger charge is 1.85. The number of ether oxygens (including phenoxy) is 1. The zero-order valence-corrected chi connectivity index (χ0v) is 8.09. The smallest absolute Gasteiger partial charge is 0.0861 e. The maximum Gasteiger partial charge on any atom is 0.0861 e. The van der Waals surface area contributed by atoms with Crippen molar-refractivity contribution >= 4 is 0 Å². The Kier molecular flexibility index (Phi) is 9.66. The highest BCUT2D eigenvalue weighted by molar-refractivity contribution is 4.75. The predicted octanol–water partition coefficient (Wildman–Crippen LogP) is 4.02. The van der Waals surface area contributed by atoms with Crippen molar-refractivity contribution in [3.8, 4) is 0 Å². The third-order valence-corrected chi connectivity index (χ3v) is 1.75. The summed E-state index contributed by atoms with van der Waals surface area (Å²) in [4.78, 5) is 0.